The van der Waals surface area contributed by atoms with Crippen LogP contribution >= 0.6 is 0 Å². The van der Waals surface area contributed by atoms with Gasteiger partial charge in [0.2, 0.25) is 0 Å². The van der Waals surface area contributed by atoms with E-state index in [9.17, 15) is 0 Å². The lowest BCUT2D eigenvalue weighted by Gasteiger charge is -2.29. The van der Waals surface area contributed by atoms with Crippen molar-refractivity contribution in [2.24, 2.45) is 5.16 Å². The van der Waals surface area contributed by atoms with E-state index in [4.69, 9.17) is 5.21 Å². The molecule has 2 nitrogen and oxygen atoms in total. The summed E-state index contributed by atoms with van der Waals surface area (Å²) in [4.78, 5) is 0. The minimum Gasteiger partial charge on any atom is -0.411 e. The predicted molar refractivity (Wildman–Crippen MR) is 47.8 cm³/mol. The molecule has 0 bridgehead atoms. The van der Waals surface area contributed by atoms with Crippen LogP contribution in [0.25, 0.3) is 0 Å². The molecule has 0 saturated carbocycles. The van der Waals surface area contributed by atoms with Crippen LogP contribution < -0.4 is 0 Å². The highest BCUT2D eigenvalue weighted by Gasteiger charge is 2.27. The highest BCUT2D eigenvalue weighted by Crippen LogP contribution is 2.35. The van der Waals surface area contributed by atoms with E-state index in [0.29, 0.717) is 5.92 Å². The van der Waals surface area contributed by atoms with E-state index < -0.39 is 0 Å². The Morgan fingerprint density at radius 1 is 1.50 bits per heavy atom. The van der Waals surface area contributed by atoms with Crippen LogP contribution in [0.3, 0.4) is 0 Å². The topological polar surface area (TPSA) is 32.6 Å². The van der Waals surface area contributed by atoms with E-state index in [1.54, 1.807) is 0 Å². The first-order chi connectivity index (χ1) is 5.83. The third-order valence-corrected chi connectivity index (χ3v) is 2.52. The fraction of sp³-hybridized carbons (Fsp3) is 0.300. The number of fused-ring (bicyclic) bond motifs is 1. The summed E-state index contributed by atoms with van der Waals surface area (Å²) in [7, 11) is 0. The fourth-order valence-electron chi connectivity index (χ4n) is 1.70. The Bertz CT molecular complexity index is 330. The molecule has 1 unspecified atom stereocenters. The molecule has 0 spiro atoms. The van der Waals surface area contributed by atoms with Gasteiger partial charge in [-0.05, 0) is 24.5 Å². The standard InChI is InChI=1S/C10H11NO/c1-7(11-12)10-6-8-4-2-3-5-9(8)10/h2-5,10,12H,6H2,1H3. The molecule has 1 aliphatic rings. The smallest absolute Gasteiger partial charge is 0.0617 e. The van der Waals surface area contributed by atoms with Crippen LogP contribution in [-0.4, -0.2) is 10.9 Å². The van der Waals surface area contributed by atoms with E-state index in [1.165, 1.54) is 11.1 Å². The van der Waals surface area contributed by atoms with Crippen LogP contribution in [0.5, 0.6) is 0 Å². The second kappa shape index (κ2) is 2.63. The van der Waals surface area contributed by atoms with Gasteiger partial charge in [0.15, 0.2) is 0 Å². The average Bonchev–Trinajstić information content (AvgIpc) is 2.07. The zero-order valence-corrected chi connectivity index (χ0v) is 6.99. The van der Waals surface area contributed by atoms with E-state index in [-0.39, 0.29) is 0 Å². The molecule has 0 aromatic heterocycles. The molecule has 0 amide bonds. The minimum absolute atomic E-state index is 0.353. The number of nitrogens with zero attached hydrogens (tertiary/aromatic N) is 1. The Balaban J connectivity index is 2.31. The second-order valence-electron chi connectivity index (χ2n) is 3.20. The van der Waals surface area contributed by atoms with E-state index in [2.05, 4.69) is 17.3 Å². The second-order valence-corrected chi connectivity index (χ2v) is 3.20. The molecule has 1 aromatic rings. The first-order valence-corrected chi connectivity index (χ1v) is 4.09. The highest BCUT2D eigenvalue weighted by molar-refractivity contribution is 5.91. The first kappa shape index (κ1) is 7.35. The van der Waals surface area contributed by atoms with Crippen LogP contribution in [0.4, 0.5) is 0 Å². The average molecular weight is 161 g/mol. The molecular formula is C10H11NO. The van der Waals surface area contributed by atoms with Crippen molar-refractivity contribution >= 4 is 5.71 Å². The summed E-state index contributed by atoms with van der Waals surface area (Å²) < 4.78 is 0. The van der Waals surface area contributed by atoms with E-state index >= 15 is 0 Å². The molecule has 0 fully saturated rings. The molecule has 2 rings (SSSR count). The third kappa shape index (κ3) is 0.916. The van der Waals surface area contributed by atoms with Crippen LogP contribution in [0.15, 0.2) is 29.4 Å². The first-order valence-electron chi connectivity index (χ1n) is 4.09. The Kier molecular flexibility index (Phi) is 1.61. The maximum absolute atomic E-state index is 8.58. The molecule has 0 heterocycles. The van der Waals surface area contributed by atoms with Crippen molar-refractivity contribution < 1.29 is 5.21 Å². The van der Waals surface area contributed by atoms with Crippen molar-refractivity contribution in [3.8, 4) is 0 Å². The fourth-order valence-corrected chi connectivity index (χ4v) is 1.70. The van der Waals surface area contributed by atoms with Gasteiger partial charge in [-0.15, -0.1) is 0 Å². The van der Waals surface area contributed by atoms with Crippen molar-refractivity contribution in [3.05, 3.63) is 35.4 Å². The van der Waals surface area contributed by atoms with Crippen molar-refractivity contribution in [3.63, 3.8) is 0 Å². The van der Waals surface area contributed by atoms with Gasteiger partial charge in [0.05, 0.1) is 5.71 Å². The van der Waals surface area contributed by atoms with Gasteiger partial charge in [-0.25, -0.2) is 0 Å². The summed E-state index contributed by atoms with van der Waals surface area (Å²) >= 11 is 0. The number of oxime groups is 1. The molecular weight excluding hydrogens is 150 g/mol. The van der Waals surface area contributed by atoms with Gasteiger partial charge in [-0.1, -0.05) is 29.4 Å². The quantitative estimate of drug-likeness (QED) is 0.382. The highest BCUT2D eigenvalue weighted by atomic mass is 16.4. The number of benzene rings is 1. The monoisotopic (exact) mass is 161 g/mol. The lowest BCUT2D eigenvalue weighted by Crippen LogP contribution is -2.23. The molecule has 0 aliphatic heterocycles. The van der Waals surface area contributed by atoms with Crippen LogP contribution in [0.2, 0.25) is 0 Å². The largest absolute Gasteiger partial charge is 0.411 e. The third-order valence-electron chi connectivity index (χ3n) is 2.52. The molecule has 1 aliphatic carbocycles. The van der Waals surface area contributed by atoms with E-state index in [1.807, 2.05) is 19.1 Å². The SMILES string of the molecule is CC(=NO)C1Cc2ccccc21. The van der Waals surface area contributed by atoms with E-state index in [0.717, 1.165) is 12.1 Å². The van der Waals surface area contributed by atoms with Crippen molar-refractivity contribution in [2.45, 2.75) is 19.3 Å². The van der Waals surface area contributed by atoms with Gasteiger partial charge >= 0.3 is 0 Å². The van der Waals surface area contributed by atoms with Gasteiger partial charge in [0, 0.05) is 5.92 Å². The lowest BCUT2D eigenvalue weighted by atomic mass is 9.75. The molecule has 1 aromatic carbocycles. The van der Waals surface area contributed by atoms with Gasteiger partial charge in [0.1, 0.15) is 0 Å². The number of rotatable bonds is 1. The summed E-state index contributed by atoms with van der Waals surface area (Å²) in [5.74, 6) is 0.353. The van der Waals surface area contributed by atoms with Gasteiger partial charge in [-0.3, -0.25) is 0 Å². The minimum atomic E-state index is 0.353. The zero-order chi connectivity index (χ0) is 8.55. The summed E-state index contributed by atoms with van der Waals surface area (Å²) in [5.41, 5.74) is 3.51. The molecule has 1 atom stereocenters. The van der Waals surface area contributed by atoms with Crippen LogP contribution in [0.1, 0.15) is 24.0 Å². The number of hydrogen-bond acceptors (Lipinski definition) is 2. The Labute approximate surface area is 71.5 Å². The molecule has 0 radical (unpaired) electrons. The molecule has 12 heavy (non-hydrogen) atoms. The van der Waals surface area contributed by atoms with Gasteiger partial charge < -0.3 is 5.21 Å². The summed E-state index contributed by atoms with van der Waals surface area (Å²) in [6.07, 6.45) is 1.02. The predicted octanol–water partition coefficient (Wildman–Crippen LogP) is 2.18. The summed E-state index contributed by atoms with van der Waals surface area (Å²) in [5, 5.41) is 11.8. The summed E-state index contributed by atoms with van der Waals surface area (Å²) in [6, 6.07) is 8.28. The Morgan fingerprint density at radius 3 is 2.92 bits per heavy atom. The zero-order valence-electron chi connectivity index (χ0n) is 6.99. The van der Waals surface area contributed by atoms with Gasteiger partial charge in [-0.2, -0.15) is 0 Å². The van der Waals surface area contributed by atoms with Crippen molar-refractivity contribution in [2.75, 3.05) is 0 Å². The Morgan fingerprint density at radius 2 is 2.25 bits per heavy atom. The van der Waals surface area contributed by atoms with Crippen LogP contribution in [-0.2, 0) is 6.42 Å². The summed E-state index contributed by atoms with van der Waals surface area (Å²) in [6.45, 7) is 1.86. The lowest BCUT2D eigenvalue weighted by molar-refractivity contribution is 0.315. The van der Waals surface area contributed by atoms with Crippen molar-refractivity contribution in [1.82, 2.24) is 0 Å². The molecule has 62 valence electrons. The number of hydrogen-bond donors (Lipinski definition) is 1. The molecule has 1 N–H and O–H groups in total. The van der Waals surface area contributed by atoms with Crippen molar-refractivity contribution in [1.29, 1.82) is 0 Å². The molecule has 2 heteroatoms. The molecule has 0 saturated heterocycles. The van der Waals surface area contributed by atoms with Gasteiger partial charge in [0.25, 0.3) is 0 Å². The maximum Gasteiger partial charge on any atom is 0.0617 e. The van der Waals surface area contributed by atoms with Crippen LogP contribution in [0, 0.1) is 0 Å². The normalized spacial score (nSPS) is 21.4. The Hall–Kier alpha value is -1.31. The maximum atomic E-state index is 8.58.